The van der Waals surface area contributed by atoms with Crippen molar-refractivity contribution in [1.29, 1.82) is 0 Å². The SMILES string of the molecule is COc1cc(N2CCCCC2)ccc1-n1c(N)c2c(cc1=O)C(=O)NC2=O. The predicted molar refractivity (Wildman–Crippen MR) is 101 cm³/mol. The summed E-state index contributed by atoms with van der Waals surface area (Å²) in [4.78, 5) is 38.8. The Labute approximate surface area is 155 Å². The zero-order chi connectivity index (χ0) is 19.1. The average molecular weight is 368 g/mol. The third kappa shape index (κ3) is 2.73. The lowest BCUT2D eigenvalue weighted by Crippen LogP contribution is -2.29. The van der Waals surface area contributed by atoms with E-state index in [1.165, 1.54) is 18.1 Å². The van der Waals surface area contributed by atoms with Crippen LogP contribution in [0.25, 0.3) is 5.69 Å². The first-order valence-electron chi connectivity index (χ1n) is 8.86. The Morgan fingerprint density at radius 2 is 1.78 bits per heavy atom. The van der Waals surface area contributed by atoms with E-state index in [1.54, 1.807) is 6.07 Å². The highest BCUT2D eigenvalue weighted by Crippen LogP contribution is 2.32. The summed E-state index contributed by atoms with van der Waals surface area (Å²) < 4.78 is 6.70. The number of rotatable bonds is 3. The van der Waals surface area contributed by atoms with E-state index in [2.05, 4.69) is 10.2 Å². The number of hydrogen-bond donors (Lipinski definition) is 2. The first-order valence-corrected chi connectivity index (χ1v) is 8.86. The van der Waals surface area contributed by atoms with Crippen LogP contribution in [0.15, 0.2) is 29.1 Å². The lowest BCUT2D eigenvalue weighted by atomic mass is 10.1. The number of nitrogens with two attached hydrogens (primary N) is 1. The molecule has 2 aliphatic heterocycles. The van der Waals surface area contributed by atoms with Gasteiger partial charge in [0.2, 0.25) is 0 Å². The number of nitrogens with one attached hydrogen (secondary N) is 1. The smallest absolute Gasteiger partial charge is 0.262 e. The molecule has 2 aliphatic rings. The summed E-state index contributed by atoms with van der Waals surface area (Å²) in [5, 5.41) is 2.16. The van der Waals surface area contributed by atoms with Crippen molar-refractivity contribution < 1.29 is 14.3 Å². The van der Waals surface area contributed by atoms with Crippen molar-refractivity contribution >= 4 is 23.3 Å². The van der Waals surface area contributed by atoms with E-state index in [4.69, 9.17) is 10.5 Å². The van der Waals surface area contributed by atoms with Gasteiger partial charge in [-0.3, -0.25) is 24.3 Å². The number of imide groups is 1. The fourth-order valence-electron chi connectivity index (χ4n) is 3.73. The lowest BCUT2D eigenvalue weighted by molar-refractivity contribution is 0.0880. The van der Waals surface area contributed by atoms with Gasteiger partial charge >= 0.3 is 0 Å². The number of ether oxygens (including phenoxy) is 1. The highest BCUT2D eigenvalue weighted by atomic mass is 16.5. The quantitative estimate of drug-likeness (QED) is 0.791. The van der Waals surface area contributed by atoms with Crippen molar-refractivity contribution in [2.45, 2.75) is 19.3 Å². The normalized spacial score (nSPS) is 16.3. The van der Waals surface area contributed by atoms with E-state index >= 15 is 0 Å². The summed E-state index contributed by atoms with van der Waals surface area (Å²) in [5.74, 6) is -0.829. The van der Waals surface area contributed by atoms with Crippen LogP contribution in [0, 0.1) is 0 Å². The zero-order valence-corrected chi connectivity index (χ0v) is 14.9. The fraction of sp³-hybridized carbons (Fsp3) is 0.316. The number of nitrogens with zero attached hydrogens (tertiary/aromatic N) is 2. The van der Waals surface area contributed by atoms with Gasteiger partial charge in [0.15, 0.2) is 0 Å². The van der Waals surface area contributed by atoms with Crippen LogP contribution in [0.2, 0.25) is 0 Å². The molecular formula is C19H20N4O4. The van der Waals surface area contributed by atoms with Crippen molar-refractivity contribution in [3.8, 4) is 11.4 Å². The molecule has 1 saturated heterocycles. The molecular weight excluding hydrogens is 348 g/mol. The summed E-state index contributed by atoms with van der Waals surface area (Å²) in [6.45, 7) is 1.96. The fourth-order valence-corrected chi connectivity index (χ4v) is 3.73. The molecule has 0 atom stereocenters. The molecule has 2 amide bonds. The number of carbonyl (C=O) groups excluding carboxylic acids is 2. The molecule has 0 aliphatic carbocycles. The summed E-state index contributed by atoms with van der Waals surface area (Å²) in [6, 6.07) is 6.66. The van der Waals surface area contributed by atoms with Crippen molar-refractivity contribution in [2.75, 3.05) is 30.8 Å². The number of fused-ring (bicyclic) bond motifs is 1. The van der Waals surface area contributed by atoms with E-state index in [9.17, 15) is 14.4 Å². The summed E-state index contributed by atoms with van der Waals surface area (Å²) in [6.07, 6.45) is 3.52. The molecule has 0 unspecified atom stereocenters. The minimum Gasteiger partial charge on any atom is -0.494 e. The number of benzene rings is 1. The monoisotopic (exact) mass is 368 g/mol. The molecule has 4 rings (SSSR count). The predicted octanol–water partition coefficient (Wildman–Crippen LogP) is 1.30. The number of anilines is 2. The van der Waals surface area contributed by atoms with Crippen LogP contribution in [-0.2, 0) is 0 Å². The number of carbonyl (C=O) groups is 2. The highest BCUT2D eigenvalue weighted by molar-refractivity contribution is 6.23. The molecule has 0 spiro atoms. The van der Waals surface area contributed by atoms with E-state index in [0.717, 1.165) is 37.7 Å². The molecule has 2 aromatic rings. The number of piperidine rings is 1. The van der Waals surface area contributed by atoms with Crippen LogP contribution in [0.5, 0.6) is 5.75 Å². The van der Waals surface area contributed by atoms with Crippen molar-refractivity contribution in [3.05, 3.63) is 45.7 Å². The number of pyridine rings is 1. The second kappa shape index (κ2) is 6.46. The van der Waals surface area contributed by atoms with Crippen molar-refractivity contribution in [1.82, 2.24) is 9.88 Å². The molecule has 3 N–H and O–H groups in total. The minimum absolute atomic E-state index is 0.00246. The molecule has 0 saturated carbocycles. The van der Waals surface area contributed by atoms with Gasteiger partial charge < -0.3 is 15.4 Å². The van der Waals surface area contributed by atoms with Crippen LogP contribution >= 0.6 is 0 Å². The van der Waals surface area contributed by atoms with Crippen molar-refractivity contribution in [2.24, 2.45) is 0 Å². The number of hydrogen-bond acceptors (Lipinski definition) is 6. The van der Waals surface area contributed by atoms with E-state index in [-0.39, 0.29) is 16.9 Å². The maximum atomic E-state index is 12.6. The van der Waals surface area contributed by atoms with E-state index < -0.39 is 17.4 Å². The molecule has 0 bridgehead atoms. The maximum absolute atomic E-state index is 12.6. The Balaban J connectivity index is 1.84. The Bertz CT molecular complexity index is 1010. The molecule has 8 heteroatoms. The topological polar surface area (TPSA) is 107 Å². The summed E-state index contributed by atoms with van der Waals surface area (Å²) in [5.41, 5.74) is 7.06. The van der Waals surface area contributed by atoms with Crippen LogP contribution in [0.3, 0.4) is 0 Å². The highest BCUT2D eigenvalue weighted by Gasteiger charge is 2.32. The molecule has 1 aromatic heterocycles. The Morgan fingerprint density at radius 3 is 2.48 bits per heavy atom. The Hall–Kier alpha value is -3.29. The van der Waals surface area contributed by atoms with Crippen LogP contribution in [0.4, 0.5) is 11.5 Å². The lowest BCUT2D eigenvalue weighted by Gasteiger charge is -2.29. The minimum atomic E-state index is -0.613. The van der Waals surface area contributed by atoms with Gasteiger partial charge in [0.25, 0.3) is 17.4 Å². The first kappa shape index (κ1) is 17.1. The van der Waals surface area contributed by atoms with Gasteiger partial charge in [0.05, 0.1) is 23.9 Å². The number of methoxy groups -OCH3 is 1. The van der Waals surface area contributed by atoms with Gasteiger partial charge in [-0.2, -0.15) is 0 Å². The molecule has 1 fully saturated rings. The molecule has 8 nitrogen and oxygen atoms in total. The van der Waals surface area contributed by atoms with Crippen molar-refractivity contribution in [3.63, 3.8) is 0 Å². The van der Waals surface area contributed by atoms with Gasteiger partial charge in [-0.25, -0.2) is 0 Å². The molecule has 3 heterocycles. The zero-order valence-electron chi connectivity index (χ0n) is 14.9. The molecule has 27 heavy (non-hydrogen) atoms. The third-order valence-corrected chi connectivity index (χ3v) is 5.08. The number of aromatic nitrogens is 1. The van der Waals surface area contributed by atoms with Gasteiger partial charge in [0, 0.05) is 30.9 Å². The van der Waals surface area contributed by atoms with Gasteiger partial charge in [0.1, 0.15) is 11.6 Å². The van der Waals surface area contributed by atoms with Gasteiger partial charge in [-0.1, -0.05) is 0 Å². The van der Waals surface area contributed by atoms with Gasteiger partial charge in [-0.05, 0) is 31.4 Å². The summed E-state index contributed by atoms with van der Waals surface area (Å²) >= 11 is 0. The standard InChI is InChI=1S/C19H20N4O4/c1-27-14-9-11(22-7-3-2-4-8-22)5-6-13(14)23-15(24)10-12-16(17(23)20)19(26)21-18(12)25/h5-6,9-10H,2-4,7-8,20H2,1H3,(H,21,25,26). The Morgan fingerprint density at radius 1 is 1.04 bits per heavy atom. The third-order valence-electron chi connectivity index (χ3n) is 5.08. The van der Waals surface area contributed by atoms with Gasteiger partial charge in [-0.15, -0.1) is 0 Å². The number of nitrogen functional groups attached to an aromatic ring is 1. The Kier molecular flexibility index (Phi) is 4.10. The number of amides is 2. The molecule has 1 aromatic carbocycles. The second-order valence-corrected chi connectivity index (χ2v) is 6.68. The van der Waals surface area contributed by atoms with Crippen LogP contribution in [-0.4, -0.2) is 36.6 Å². The second-order valence-electron chi connectivity index (χ2n) is 6.68. The van der Waals surface area contributed by atoms with Crippen LogP contribution < -0.4 is 26.2 Å². The largest absolute Gasteiger partial charge is 0.494 e. The maximum Gasteiger partial charge on any atom is 0.262 e. The molecule has 0 radical (unpaired) electrons. The van der Waals surface area contributed by atoms with Crippen LogP contribution in [0.1, 0.15) is 40.0 Å². The summed E-state index contributed by atoms with van der Waals surface area (Å²) in [7, 11) is 1.52. The first-order chi connectivity index (χ1) is 13.0. The van der Waals surface area contributed by atoms with E-state index in [0.29, 0.717) is 11.4 Å². The average Bonchev–Trinajstić information content (AvgIpc) is 2.96. The molecule has 140 valence electrons. The van der Waals surface area contributed by atoms with E-state index in [1.807, 2.05) is 12.1 Å².